The molecule has 0 radical (unpaired) electrons. The molecule has 0 spiro atoms. The van der Waals surface area contributed by atoms with Gasteiger partial charge in [-0.3, -0.25) is 4.79 Å². The third kappa shape index (κ3) is 5.21. The fourth-order valence-electron chi connectivity index (χ4n) is 2.31. The largest absolute Gasteiger partial charge is 0.495 e. The van der Waals surface area contributed by atoms with Crippen LogP contribution in [-0.4, -0.2) is 19.6 Å². The highest BCUT2D eigenvalue weighted by Crippen LogP contribution is 2.26. The van der Waals surface area contributed by atoms with E-state index in [1.165, 1.54) is 0 Å². The first kappa shape index (κ1) is 16.5. The summed E-state index contributed by atoms with van der Waals surface area (Å²) in [4.78, 5) is 12.1. The SMILES string of the molecule is COc1ccc(C)cc1NC(=O)CC(CN)CC(C)C. The quantitative estimate of drug-likeness (QED) is 0.806. The number of amides is 1. The number of ether oxygens (including phenoxy) is 1. The normalized spacial score (nSPS) is 12.3. The average Bonchev–Trinajstić information content (AvgIpc) is 2.37. The number of methoxy groups -OCH3 is 1. The maximum absolute atomic E-state index is 12.1. The molecular formula is C16H26N2O2. The van der Waals surface area contributed by atoms with Crippen LogP contribution < -0.4 is 15.8 Å². The van der Waals surface area contributed by atoms with Gasteiger partial charge in [-0.2, -0.15) is 0 Å². The highest BCUT2D eigenvalue weighted by molar-refractivity contribution is 5.92. The molecule has 4 nitrogen and oxygen atoms in total. The molecule has 0 aliphatic heterocycles. The van der Waals surface area contributed by atoms with E-state index in [9.17, 15) is 4.79 Å². The maximum Gasteiger partial charge on any atom is 0.224 e. The van der Waals surface area contributed by atoms with Crippen molar-refractivity contribution in [2.75, 3.05) is 19.0 Å². The minimum Gasteiger partial charge on any atom is -0.495 e. The van der Waals surface area contributed by atoms with Gasteiger partial charge < -0.3 is 15.8 Å². The van der Waals surface area contributed by atoms with E-state index in [4.69, 9.17) is 10.5 Å². The zero-order valence-electron chi connectivity index (χ0n) is 12.9. The Hall–Kier alpha value is -1.55. The van der Waals surface area contributed by atoms with Gasteiger partial charge in [-0.25, -0.2) is 0 Å². The number of nitrogens with one attached hydrogen (secondary N) is 1. The summed E-state index contributed by atoms with van der Waals surface area (Å²) in [6.45, 7) is 6.81. The first-order chi connectivity index (χ1) is 9.46. The summed E-state index contributed by atoms with van der Waals surface area (Å²) in [6, 6.07) is 5.73. The predicted octanol–water partition coefficient (Wildman–Crippen LogP) is 2.95. The molecule has 112 valence electrons. The lowest BCUT2D eigenvalue weighted by Gasteiger charge is -2.17. The van der Waals surface area contributed by atoms with Gasteiger partial charge in [0.2, 0.25) is 5.91 Å². The minimum atomic E-state index is -0.00926. The summed E-state index contributed by atoms with van der Waals surface area (Å²) < 4.78 is 5.26. The maximum atomic E-state index is 12.1. The summed E-state index contributed by atoms with van der Waals surface area (Å²) in [6.07, 6.45) is 1.42. The van der Waals surface area contributed by atoms with Crippen molar-refractivity contribution in [3.8, 4) is 5.75 Å². The van der Waals surface area contributed by atoms with Crippen LogP contribution in [0, 0.1) is 18.8 Å². The number of benzene rings is 1. The van der Waals surface area contributed by atoms with Crippen molar-refractivity contribution in [2.24, 2.45) is 17.6 Å². The smallest absolute Gasteiger partial charge is 0.224 e. The van der Waals surface area contributed by atoms with E-state index in [0.29, 0.717) is 24.6 Å². The van der Waals surface area contributed by atoms with Crippen LogP contribution in [-0.2, 0) is 4.79 Å². The van der Waals surface area contributed by atoms with Gasteiger partial charge in [-0.1, -0.05) is 19.9 Å². The molecule has 4 heteroatoms. The second-order valence-electron chi connectivity index (χ2n) is 5.69. The van der Waals surface area contributed by atoms with Gasteiger partial charge in [-0.05, 0) is 49.4 Å². The Labute approximate surface area is 121 Å². The standard InChI is InChI=1S/C16H26N2O2/c1-11(2)7-13(10-17)9-16(19)18-14-8-12(3)5-6-15(14)20-4/h5-6,8,11,13H,7,9-10,17H2,1-4H3,(H,18,19). The number of rotatable bonds is 7. The van der Waals surface area contributed by atoms with Gasteiger partial charge in [0.15, 0.2) is 0 Å². The minimum absolute atomic E-state index is 0.00926. The molecule has 0 saturated heterocycles. The first-order valence-corrected chi connectivity index (χ1v) is 7.10. The number of nitrogens with two attached hydrogens (primary N) is 1. The van der Waals surface area contributed by atoms with E-state index in [0.717, 1.165) is 17.7 Å². The summed E-state index contributed by atoms with van der Waals surface area (Å²) in [5.41, 5.74) is 7.54. The Bertz CT molecular complexity index is 444. The van der Waals surface area contributed by atoms with Crippen molar-refractivity contribution < 1.29 is 9.53 Å². The highest BCUT2D eigenvalue weighted by Gasteiger charge is 2.15. The predicted molar refractivity (Wildman–Crippen MR) is 83.0 cm³/mol. The molecule has 0 aliphatic carbocycles. The summed E-state index contributed by atoms with van der Waals surface area (Å²) >= 11 is 0. The monoisotopic (exact) mass is 278 g/mol. The molecule has 3 N–H and O–H groups in total. The Kier molecular flexibility index (Phi) is 6.52. The summed E-state index contributed by atoms with van der Waals surface area (Å²) in [5.74, 6) is 1.44. The van der Waals surface area contributed by atoms with E-state index in [2.05, 4.69) is 19.2 Å². The molecule has 20 heavy (non-hydrogen) atoms. The second-order valence-corrected chi connectivity index (χ2v) is 5.69. The zero-order valence-corrected chi connectivity index (χ0v) is 12.9. The molecule has 1 rings (SSSR count). The Morgan fingerprint density at radius 2 is 2.10 bits per heavy atom. The summed E-state index contributed by atoms with van der Waals surface area (Å²) in [5, 5.41) is 2.92. The third-order valence-corrected chi connectivity index (χ3v) is 3.24. The second kappa shape index (κ2) is 7.90. The number of anilines is 1. The Balaban J connectivity index is 2.68. The zero-order chi connectivity index (χ0) is 15.1. The topological polar surface area (TPSA) is 64.3 Å². The van der Waals surface area contributed by atoms with Crippen LogP contribution in [0.1, 0.15) is 32.3 Å². The van der Waals surface area contributed by atoms with Crippen molar-refractivity contribution in [2.45, 2.75) is 33.6 Å². The first-order valence-electron chi connectivity index (χ1n) is 7.10. The molecule has 0 heterocycles. The molecule has 1 amide bonds. The fourth-order valence-corrected chi connectivity index (χ4v) is 2.31. The molecule has 0 fully saturated rings. The summed E-state index contributed by atoms with van der Waals surface area (Å²) in [7, 11) is 1.60. The Morgan fingerprint density at radius 1 is 1.40 bits per heavy atom. The van der Waals surface area contributed by atoms with Crippen LogP contribution in [0.3, 0.4) is 0 Å². The molecule has 1 unspecified atom stereocenters. The van der Waals surface area contributed by atoms with Crippen molar-refractivity contribution in [3.05, 3.63) is 23.8 Å². The lowest BCUT2D eigenvalue weighted by atomic mass is 9.94. The van der Waals surface area contributed by atoms with Crippen LogP contribution in [0.5, 0.6) is 5.75 Å². The molecule has 0 saturated carbocycles. The van der Waals surface area contributed by atoms with E-state index < -0.39 is 0 Å². The van der Waals surface area contributed by atoms with Gasteiger partial charge in [0, 0.05) is 6.42 Å². The lowest BCUT2D eigenvalue weighted by Crippen LogP contribution is -2.23. The third-order valence-electron chi connectivity index (χ3n) is 3.24. The van der Waals surface area contributed by atoms with E-state index in [1.54, 1.807) is 7.11 Å². The van der Waals surface area contributed by atoms with Gasteiger partial charge in [0.1, 0.15) is 5.75 Å². The molecule has 1 aromatic rings. The van der Waals surface area contributed by atoms with Crippen LogP contribution in [0.15, 0.2) is 18.2 Å². The van der Waals surface area contributed by atoms with Gasteiger partial charge in [-0.15, -0.1) is 0 Å². The van der Waals surface area contributed by atoms with Crippen LogP contribution >= 0.6 is 0 Å². The van der Waals surface area contributed by atoms with Gasteiger partial charge in [0.25, 0.3) is 0 Å². The van der Waals surface area contributed by atoms with Crippen molar-refractivity contribution in [1.29, 1.82) is 0 Å². The fraction of sp³-hybridized carbons (Fsp3) is 0.562. The number of carbonyl (C=O) groups excluding carboxylic acids is 1. The van der Waals surface area contributed by atoms with E-state index >= 15 is 0 Å². The molecule has 0 aromatic heterocycles. The van der Waals surface area contributed by atoms with Crippen molar-refractivity contribution in [1.82, 2.24) is 0 Å². The van der Waals surface area contributed by atoms with Gasteiger partial charge in [0.05, 0.1) is 12.8 Å². The average molecular weight is 278 g/mol. The van der Waals surface area contributed by atoms with Crippen molar-refractivity contribution >= 4 is 11.6 Å². The van der Waals surface area contributed by atoms with Crippen LogP contribution in [0.2, 0.25) is 0 Å². The van der Waals surface area contributed by atoms with Crippen molar-refractivity contribution in [3.63, 3.8) is 0 Å². The Morgan fingerprint density at radius 3 is 2.65 bits per heavy atom. The number of aryl methyl sites for hydroxylation is 1. The number of hydrogen-bond acceptors (Lipinski definition) is 3. The highest BCUT2D eigenvalue weighted by atomic mass is 16.5. The molecule has 1 aromatic carbocycles. The van der Waals surface area contributed by atoms with Gasteiger partial charge >= 0.3 is 0 Å². The van der Waals surface area contributed by atoms with E-state index in [1.807, 2.05) is 25.1 Å². The van der Waals surface area contributed by atoms with Crippen LogP contribution in [0.25, 0.3) is 0 Å². The molecule has 1 atom stereocenters. The number of hydrogen-bond donors (Lipinski definition) is 2. The molecule has 0 bridgehead atoms. The number of carbonyl (C=O) groups is 1. The molecular weight excluding hydrogens is 252 g/mol. The lowest BCUT2D eigenvalue weighted by molar-refractivity contribution is -0.117. The van der Waals surface area contributed by atoms with Crippen LogP contribution in [0.4, 0.5) is 5.69 Å². The van der Waals surface area contributed by atoms with E-state index in [-0.39, 0.29) is 11.8 Å². The molecule has 0 aliphatic rings.